The van der Waals surface area contributed by atoms with Crippen molar-refractivity contribution in [2.45, 2.75) is 6.42 Å². The fraction of sp³-hybridized carbons (Fsp3) is 0.250. The molecule has 0 aliphatic heterocycles. The first kappa shape index (κ1) is 14.5. The fourth-order valence-corrected chi connectivity index (χ4v) is 1.94. The molecule has 6 nitrogen and oxygen atoms in total. The number of para-hydroxylation sites is 1. The largest absolute Gasteiger partial charge is 0.492 e. The zero-order valence-electron chi connectivity index (χ0n) is 10.3. The Balaban J connectivity index is 2.01. The van der Waals surface area contributed by atoms with E-state index < -0.39 is 16.0 Å². The molecular formula is C12H12FNO5S. The molecule has 0 amide bonds. The van der Waals surface area contributed by atoms with Gasteiger partial charge in [0.15, 0.2) is 0 Å². The summed E-state index contributed by atoms with van der Waals surface area (Å²) in [6.45, 7) is -0.0822. The molecule has 0 fully saturated rings. The van der Waals surface area contributed by atoms with Crippen LogP contribution in [-0.4, -0.2) is 17.4 Å². The van der Waals surface area contributed by atoms with E-state index in [0.29, 0.717) is 16.7 Å². The van der Waals surface area contributed by atoms with Crippen LogP contribution in [0.4, 0.5) is 3.89 Å². The first-order chi connectivity index (χ1) is 9.46. The second kappa shape index (κ2) is 6.02. The maximum Gasteiger partial charge on any atom is 0.339 e. The molecule has 2 aromatic rings. The molecule has 1 N–H and O–H groups in total. The number of hydrogen-bond acceptors (Lipinski definition) is 6. The predicted octanol–water partition coefficient (Wildman–Crippen LogP) is 2.42. The maximum absolute atomic E-state index is 12.3. The van der Waals surface area contributed by atoms with Crippen LogP contribution < -0.4 is 10.4 Å². The molecule has 1 aromatic heterocycles. The van der Waals surface area contributed by atoms with Gasteiger partial charge in [0.05, 0.1) is 24.7 Å². The minimum atomic E-state index is -4.43. The fourth-order valence-electron chi connectivity index (χ4n) is 1.61. The Hall–Kier alpha value is -1.93. The monoisotopic (exact) mass is 301 g/mol. The van der Waals surface area contributed by atoms with Crippen molar-refractivity contribution in [2.24, 2.45) is 0 Å². The van der Waals surface area contributed by atoms with E-state index in [9.17, 15) is 12.9 Å². The van der Waals surface area contributed by atoms with E-state index in [4.69, 9.17) is 13.9 Å². The summed E-state index contributed by atoms with van der Waals surface area (Å²) in [7, 11) is -4.43. The van der Waals surface area contributed by atoms with E-state index in [-0.39, 0.29) is 19.6 Å². The SMILES string of the molecule is N=S(=O)(F)OCCCOc1cc(=O)oc2ccccc12. The lowest BCUT2D eigenvalue weighted by molar-refractivity contribution is 0.251. The van der Waals surface area contributed by atoms with E-state index in [1.807, 2.05) is 0 Å². The summed E-state index contributed by atoms with van der Waals surface area (Å²) in [4.78, 5) is 11.3. The van der Waals surface area contributed by atoms with Crippen molar-refractivity contribution < 1.29 is 21.4 Å². The molecule has 0 aliphatic carbocycles. The molecule has 8 heteroatoms. The van der Waals surface area contributed by atoms with Gasteiger partial charge in [0.25, 0.3) is 0 Å². The van der Waals surface area contributed by atoms with Crippen LogP contribution in [0.5, 0.6) is 5.75 Å². The van der Waals surface area contributed by atoms with Crippen molar-refractivity contribution in [1.82, 2.24) is 0 Å². The van der Waals surface area contributed by atoms with Gasteiger partial charge in [-0.1, -0.05) is 16.0 Å². The van der Waals surface area contributed by atoms with Crippen LogP contribution in [0.1, 0.15) is 6.42 Å². The van der Waals surface area contributed by atoms with E-state index in [1.54, 1.807) is 24.3 Å². The molecule has 0 aliphatic rings. The Bertz CT molecular complexity index is 756. The third-order valence-corrected chi connectivity index (χ3v) is 2.86. The lowest BCUT2D eigenvalue weighted by Crippen LogP contribution is -2.07. The minimum absolute atomic E-state index is 0.128. The Labute approximate surface area is 114 Å². The number of halogens is 1. The molecule has 1 atom stereocenters. The summed E-state index contributed by atoms with van der Waals surface area (Å²) in [5, 5.41) is 0.641. The Morgan fingerprint density at radius 2 is 2.05 bits per heavy atom. The van der Waals surface area contributed by atoms with Gasteiger partial charge < -0.3 is 9.15 Å². The van der Waals surface area contributed by atoms with Crippen molar-refractivity contribution in [2.75, 3.05) is 13.2 Å². The van der Waals surface area contributed by atoms with Gasteiger partial charge >= 0.3 is 16.0 Å². The zero-order chi connectivity index (χ0) is 14.6. The predicted molar refractivity (Wildman–Crippen MR) is 70.5 cm³/mol. The standard InChI is InChI=1S/C12H12FNO5S/c13-20(14,16)18-7-3-6-17-11-8-12(15)19-10-5-2-1-4-9(10)11/h1-2,4-5,8,14H,3,6-7H2. The van der Waals surface area contributed by atoms with Crippen molar-refractivity contribution in [1.29, 1.82) is 4.78 Å². The number of rotatable bonds is 6. The lowest BCUT2D eigenvalue weighted by atomic mass is 10.2. The molecule has 0 saturated heterocycles. The van der Waals surface area contributed by atoms with E-state index in [2.05, 4.69) is 4.18 Å². The van der Waals surface area contributed by atoms with E-state index >= 15 is 0 Å². The molecule has 0 bridgehead atoms. The Kier molecular flexibility index (Phi) is 4.35. The third-order valence-electron chi connectivity index (χ3n) is 2.39. The molecule has 0 saturated carbocycles. The van der Waals surface area contributed by atoms with Crippen LogP contribution in [0, 0.1) is 4.78 Å². The Morgan fingerprint density at radius 3 is 2.80 bits per heavy atom. The number of hydrogen-bond donors (Lipinski definition) is 1. The van der Waals surface area contributed by atoms with Crippen molar-refractivity contribution >= 4 is 21.4 Å². The third kappa shape index (κ3) is 4.04. The zero-order valence-corrected chi connectivity index (χ0v) is 11.2. The summed E-state index contributed by atoms with van der Waals surface area (Å²) in [6.07, 6.45) is 0.231. The van der Waals surface area contributed by atoms with Crippen LogP contribution in [0.3, 0.4) is 0 Å². The normalized spacial score (nSPS) is 14.1. The highest BCUT2D eigenvalue weighted by molar-refractivity contribution is 7.82. The Morgan fingerprint density at radius 1 is 1.30 bits per heavy atom. The summed E-state index contributed by atoms with van der Waals surface area (Å²) < 4.78 is 43.6. The lowest BCUT2D eigenvalue weighted by Gasteiger charge is -2.07. The maximum atomic E-state index is 12.3. The second-order valence-electron chi connectivity index (χ2n) is 3.89. The van der Waals surface area contributed by atoms with Crippen LogP contribution in [-0.2, 0) is 14.6 Å². The number of fused-ring (bicyclic) bond motifs is 1. The molecule has 1 unspecified atom stereocenters. The molecule has 108 valence electrons. The van der Waals surface area contributed by atoms with Gasteiger partial charge in [0.1, 0.15) is 11.3 Å². The highest BCUT2D eigenvalue weighted by Gasteiger charge is 2.06. The highest BCUT2D eigenvalue weighted by Crippen LogP contribution is 2.23. The smallest absolute Gasteiger partial charge is 0.339 e. The van der Waals surface area contributed by atoms with Gasteiger partial charge in [-0.25, -0.2) is 9.57 Å². The van der Waals surface area contributed by atoms with Gasteiger partial charge in [-0.3, -0.25) is 4.18 Å². The van der Waals surface area contributed by atoms with Crippen LogP contribution in [0.2, 0.25) is 0 Å². The summed E-state index contributed by atoms with van der Waals surface area (Å²) in [5.74, 6) is 0.351. The summed E-state index contributed by atoms with van der Waals surface area (Å²) in [6, 6.07) is 8.10. The molecule has 0 radical (unpaired) electrons. The van der Waals surface area contributed by atoms with Crippen LogP contribution in [0.25, 0.3) is 11.0 Å². The van der Waals surface area contributed by atoms with Gasteiger partial charge in [0, 0.05) is 6.42 Å². The molecular weight excluding hydrogens is 289 g/mol. The van der Waals surface area contributed by atoms with Gasteiger partial charge in [-0.2, -0.15) is 4.21 Å². The number of benzene rings is 1. The van der Waals surface area contributed by atoms with E-state index in [0.717, 1.165) is 0 Å². The molecule has 2 rings (SSSR count). The van der Waals surface area contributed by atoms with Crippen molar-refractivity contribution in [3.63, 3.8) is 0 Å². The van der Waals surface area contributed by atoms with Gasteiger partial charge in [0.2, 0.25) is 0 Å². The first-order valence-corrected chi connectivity index (χ1v) is 7.12. The molecule has 1 heterocycles. The number of nitrogens with one attached hydrogen (secondary N) is 1. The van der Waals surface area contributed by atoms with E-state index in [1.165, 1.54) is 6.07 Å². The average molecular weight is 301 g/mol. The summed E-state index contributed by atoms with van der Waals surface area (Å²) in [5.41, 5.74) is -0.128. The van der Waals surface area contributed by atoms with Crippen LogP contribution in [0.15, 0.2) is 39.5 Å². The highest BCUT2D eigenvalue weighted by atomic mass is 32.3. The average Bonchev–Trinajstić information content (AvgIpc) is 2.36. The minimum Gasteiger partial charge on any atom is -0.492 e. The second-order valence-corrected chi connectivity index (χ2v) is 5.00. The van der Waals surface area contributed by atoms with Crippen molar-refractivity contribution in [3.8, 4) is 5.75 Å². The van der Waals surface area contributed by atoms with Crippen LogP contribution >= 0.6 is 0 Å². The van der Waals surface area contributed by atoms with Gasteiger partial charge in [-0.05, 0) is 12.1 Å². The summed E-state index contributed by atoms with van der Waals surface area (Å²) >= 11 is 0. The molecule has 20 heavy (non-hydrogen) atoms. The van der Waals surface area contributed by atoms with Crippen molar-refractivity contribution in [3.05, 3.63) is 40.8 Å². The number of ether oxygens (including phenoxy) is 1. The van der Waals surface area contributed by atoms with Gasteiger partial charge in [-0.15, -0.1) is 0 Å². The topological polar surface area (TPSA) is 89.6 Å². The first-order valence-electron chi connectivity index (χ1n) is 5.74. The quantitative estimate of drug-likeness (QED) is 0.503. The molecule has 1 aromatic carbocycles. The molecule has 0 spiro atoms.